The molecule has 6 rings (SSSR count). The number of aromatic amines is 1. The van der Waals surface area contributed by atoms with E-state index in [0.717, 1.165) is 40.2 Å². The molecule has 3 aromatic carbocycles. The highest BCUT2D eigenvalue weighted by molar-refractivity contribution is 7.61. The first kappa shape index (κ1) is 19.6. The zero-order valence-electron chi connectivity index (χ0n) is 17.4. The van der Waals surface area contributed by atoms with Gasteiger partial charge in [0.05, 0.1) is 17.6 Å². The van der Waals surface area contributed by atoms with Crippen LogP contribution >= 0.6 is 17.2 Å². The van der Waals surface area contributed by atoms with Crippen molar-refractivity contribution >= 4 is 44.6 Å². The Balaban J connectivity index is 1.40. The van der Waals surface area contributed by atoms with Crippen LogP contribution in [0.15, 0.2) is 78.4 Å². The highest BCUT2D eigenvalue weighted by atomic mass is 31.1. The lowest BCUT2D eigenvalue weighted by atomic mass is 9.91. The molecular weight excluding hydrogens is 432 g/mol. The minimum Gasteiger partial charge on any atom is -0.488 e. The number of aromatic nitrogens is 2. The third-order valence-corrected chi connectivity index (χ3v) is 7.54. The average molecular weight is 453 g/mol. The molecule has 0 fully saturated rings. The molecule has 2 aliphatic heterocycles. The summed E-state index contributed by atoms with van der Waals surface area (Å²) in [5.74, 6) is 4.78. The van der Waals surface area contributed by atoms with E-state index in [1.807, 2.05) is 17.8 Å². The summed E-state index contributed by atoms with van der Waals surface area (Å²) in [6, 6.07) is 15.3. The molecular formula is C26H21N3OP2. The number of imidazole rings is 1. The molecule has 32 heavy (non-hydrogen) atoms. The molecule has 1 aromatic heterocycles. The van der Waals surface area contributed by atoms with Crippen LogP contribution in [0.4, 0.5) is 5.69 Å². The van der Waals surface area contributed by atoms with Crippen LogP contribution in [0.25, 0.3) is 33.2 Å². The number of fused-ring (bicyclic) bond motifs is 6. The Kier molecular flexibility index (Phi) is 4.79. The summed E-state index contributed by atoms with van der Waals surface area (Å²) in [4.78, 5) is 12.6. The molecule has 0 radical (unpaired) electrons. The predicted octanol–water partition coefficient (Wildman–Crippen LogP) is 6.64. The van der Waals surface area contributed by atoms with Gasteiger partial charge in [0.1, 0.15) is 17.9 Å². The minimum absolute atomic E-state index is 0.486. The number of rotatable bonds is 5. The zero-order chi connectivity index (χ0) is 21.7. The van der Waals surface area contributed by atoms with Gasteiger partial charge in [0.2, 0.25) is 0 Å². The van der Waals surface area contributed by atoms with Crippen molar-refractivity contribution < 1.29 is 4.74 Å². The van der Waals surface area contributed by atoms with Crippen LogP contribution in [0.3, 0.4) is 0 Å². The number of ether oxygens (including phenoxy) is 1. The van der Waals surface area contributed by atoms with Crippen LogP contribution < -0.4 is 10.3 Å². The van der Waals surface area contributed by atoms with Gasteiger partial charge in [0, 0.05) is 17.4 Å². The van der Waals surface area contributed by atoms with Crippen LogP contribution in [-0.4, -0.2) is 15.4 Å². The standard InChI is InChI=1S/C26H21N3OP2/c1-3-31-25-12-20-19-11-24-21(10-15(19)6-8-22(20)28-25)18-7-5-16(9-17(18)14-30-24)23-13-27-26(29-23)32-4-2/h3-11,13,31-32H,1-2,12,14H2,(H,27,29). The van der Waals surface area contributed by atoms with Crippen LogP contribution in [0.1, 0.15) is 11.1 Å². The van der Waals surface area contributed by atoms with Gasteiger partial charge in [0.25, 0.3) is 0 Å². The lowest BCUT2D eigenvalue weighted by Crippen LogP contribution is -2.06. The topological polar surface area (TPSA) is 50.3 Å². The minimum atomic E-state index is 0.486. The number of nitrogens with zero attached hydrogens (tertiary/aromatic N) is 2. The summed E-state index contributed by atoms with van der Waals surface area (Å²) in [5, 5.41) is 2.46. The number of nitrogens with one attached hydrogen (secondary N) is 1. The van der Waals surface area contributed by atoms with Crippen molar-refractivity contribution in [2.75, 3.05) is 0 Å². The summed E-state index contributed by atoms with van der Waals surface area (Å²) in [6.07, 6.45) is 2.79. The summed E-state index contributed by atoms with van der Waals surface area (Å²) in [7, 11) is 1.06. The van der Waals surface area contributed by atoms with Crippen molar-refractivity contribution in [3.8, 4) is 28.1 Å². The Hall–Kier alpha value is -3.06. The summed E-state index contributed by atoms with van der Waals surface area (Å²) >= 11 is 0. The zero-order valence-corrected chi connectivity index (χ0v) is 19.4. The molecule has 1 N–H and O–H groups in total. The maximum absolute atomic E-state index is 6.24. The monoisotopic (exact) mass is 453 g/mol. The van der Waals surface area contributed by atoms with Crippen LogP contribution in [0.2, 0.25) is 0 Å². The van der Waals surface area contributed by atoms with Crippen molar-refractivity contribution in [3.05, 3.63) is 84.6 Å². The fraction of sp³-hybridized carbons (Fsp3) is 0.0769. The Morgan fingerprint density at radius 3 is 2.78 bits per heavy atom. The highest BCUT2D eigenvalue weighted by Crippen LogP contribution is 2.44. The van der Waals surface area contributed by atoms with E-state index in [-0.39, 0.29) is 0 Å². The molecule has 2 unspecified atom stereocenters. The van der Waals surface area contributed by atoms with Gasteiger partial charge in [-0.1, -0.05) is 51.6 Å². The van der Waals surface area contributed by atoms with E-state index in [1.54, 1.807) is 0 Å². The van der Waals surface area contributed by atoms with Gasteiger partial charge in [-0.2, -0.15) is 0 Å². The van der Waals surface area contributed by atoms with Gasteiger partial charge in [0.15, 0.2) is 0 Å². The van der Waals surface area contributed by atoms with E-state index in [2.05, 4.69) is 65.6 Å². The average Bonchev–Trinajstić information content (AvgIpc) is 3.45. The Bertz CT molecular complexity index is 1450. The smallest absolute Gasteiger partial charge is 0.130 e. The van der Waals surface area contributed by atoms with Gasteiger partial charge < -0.3 is 9.72 Å². The lowest BCUT2D eigenvalue weighted by molar-refractivity contribution is 0.303. The molecule has 4 aromatic rings. The maximum Gasteiger partial charge on any atom is 0.130 e. The van der Waals surface area contributed by atoms with Crippen molar-refractivity contribution in [3.63, 3.8) is 0 Å². The Labute approximate surface area is 190 Å². The van der Waals surface area contributed by atoms with Gasteiger partial charge in [-0.3, -0.25) is 4.99 Å². The largest absolute Gasteiger partial charge is 0.488 e. The van der Waals surface area contributed by atoms with E-state index in [9.17, 15) is 0 Å². The van der Waals surface area contributed by atoms with Crippen molar-refractivity contribution in [2.24, 2.45) is 4.99 Å². The van der Waals surface area contributed by atoms with Crippen LogP contribution in [0.5, 0.6) is 5.75 Å². The van der Waals surface area contributed by atoms with E-state index < -0.39 is 0 Å². The molecule has 4 nitrogen and oxygen atoms in total. The number of H-pyrrole nitrogens is 1. The molecule has 0 saturated heterocycles. The number of aliphatic imine (C=N–C) groups is 1. The van der Waals surface area contributed by atoms with Crippen LogP contribution in [-0.2, 0) is 13.0 Å². The number of benzene rings is 3. The quantitative estimate of drug-likeness (QED) is 0.344. The first-order valence-corrected chi connectivity index (χ1v) is 12.6. The molecule has 0 spiro atoms. The molecule has 0 aliphatic carbocycles. The number of hydrogen-bond acceptors (Lipinski definition) is 3. The second-order valence-corrected chi connectivity index (χ2v) is 10.3. The predicted molar refractivity (Wildman–Crippen MR) is 139 cm³/mol. The van der Waals surface area contributed by atoms with Gasteiger partial charge in [-0.25, -0.2) is 4.98 Å². The van der Waals surface area contributed by atoms with E-state index in [0.29, 0.717) is 23.8 Å². The maximum atomic E-state index is 6.24. The molecule has 0 bridgehead atoms. The fourth-order valence-corrected chi connectivity index (χ4v) is 5.75. The fourth-order valence-electron chi connectivity index (χ4n) is 4.51. The van der Waals surface area contributed by atoms with Crippen molar-refractivity contribution in [1.29, 1.82) is 0 Å². The SMILES string of the molecule is C=CPC1=Nc2ccc3cc4c(cc3c2C1)OCc1cc(-c2cnc(PC=C)[nH]2)ccc1-4. The second-order valence-electron chi connectivity index (χ2n) is 7.87. The highest BCUT2D eigenvalue weighted by Gasteiger charge is 2.22. The first-order valence-electron chi connectivity index (χ1n) is 10.5. The van der Waals surface area contributed by atoms with Crippen molar-refractivity contribution in [1.82, 2.24) is 9.97 Å². The molecule has 0 amide bonds. The Morgan fingerprint density at radius 1 is 1.00 bits per heavy atom. The third kappa shape index (κ3) is 3.23. The molecule has 156 valence electrons. The molecule has 6 heteroatoms. The van der Waals surface area contributed by atoms with E-state index in [1.165, 1.54) is 32.9 Å². The van der Waals surface area contributed by atoms with Gasteiger partial charge in [-0.15, -0.1) is 0 Å². The third-order valence-electron chi connectivity index (χ3n) is 5.98. The molecule has 0 saturated carbocycles. The summed E-state index contributed by atoms with van der Waals surface area (Å²) in [6.45, 7) is 8.22. The molecule has 3 heterocycles. The van der Waals surface area contributed by atoms with E-state index >= 15 is 0 Å². The molecule has 2 aliphatic rings. The summed E-state index contributed by atoms with van der Waals surface area (Å²) < 4.78 is 6.24. The normalized spacial score (nSPS) is 14.4. The molecule has 2 atom stereocenters. The summed E-state index contributed by atoms with van der Waals surface area (Å²) in [5.41, 5.74) is 10.3. The van der Waals surface area contributed by atoms with Gasteiger partial charge >= 0.3 is 0 Å². The second kappa shape index (κ2) is 7.81. The first-order chi connectivity index (χ1) is 15.7. The van der Waals surface area contributed by atoms with Crippen LogP contribution in [0, 0.1) is 0 Å². The van der Waals surface area contributed by atoms with Gasteiger partial charge in [-0.05, 0) is 65.9 Å². The van der Waals surface area contributed by atoms with Crippen molar-refractivity contribution in [2.45, 2.75) is 13.0 Å². The number of hydrogen-bond donors (Lipinski definition) is 1. The lowest BCUT2D eigenvalue weighted by Gasteiger charge is -2.22. The Morgan fingerprint density at radius 2 is 1.91 bits per heavy atom. The van der Waals surface area contributed by atoms with E-state index in [4.69, 9.17) is 9.73 Å².